The molecule has 7 heteroatoms. The quantitative estimate of drug-likeness (QED) is 0.723. The van der Waals surface area contributed by atoms with Crippen LogP contribution in [0.4, 0.5) is 13.2 Å². The van der Waals surface area contributed by atoms with Crippen LogP contribution in [0.1, 0.15) is 25.7 Å². The van der Waals surface area contributed by atoms with E-state index in [0.717, 1.165) is 6.42 Å². The van der Waals surface area contributed by atoms with Gasteiger partial charge in [-0.05, 0) is 32.5 Å². The fraction of sp³-hybridized carbons (Fsp3) is 0.909. The van der Waals surface area contributed by atoms with Crippen molar-refractivity contribution in [3.8, 4) is 0 Å². The lowest BCUT2D eigenvalue weighted by atomic mass is 9.94. The zero-order valence-corrected chi connectivity index (χ0v) is 11.8. The number of hydrogen-bond acceptors (Lipinski definition) is 3. The zero-order valence-electron chi connectivity index (χ0n) is 10.8. The Hall–Kier alpha value is -0.563. The molecule has 2 atom stereocenters. The third-order valence-corrected chi connectivity index (χ3v) is 4.21. The van der Waals surface area contributed by atoms with Crippen molar-refractivity contribution in [3.63, 3.8) is 0 Å². The normalized spacial score (nSPS) is 32.8. The topological polar surface area (TPSA) is 30.8 Å². The van der Waals surface area contributed by atoms with Crippen LogP contribution in [0.2, 0.25) is 19.6 Å². The summed E-state index contributed by atoms with van der Waals surface area (Å²) in [7, 11) is -1.88. The minimum Gasteiger partial charge on any atom is -0.380 e. The molecule has 104 valence electrons. The molecule has 0 aromatic rings. The van der Waals surface area contributed by atoms with Crippen LogP contribution in [0, 0.1) is 5.92 Å². The molecule has 2 rings (SSSR count). The molecule has 1 aliphatic carbocycles. The molecule has 1 heterocycles. The summed E-state index contributed by atoms with van der Waals surface area (Å²) in [6, 6.07) is 0. The maximum absolute atomic E-state index is 12.6. The molecule has 18 heavy (non-hydrogen) atoms. The molecule has 0 aromatic heterocycles. The van der Waals surface area contributed by atoms with Crippen molar-refractivity contribution >= 4 is 14.0 Å². The largest absolute Gasteiger partial charge is 0.432 e. The van der Waals surface area contributed by atoms with E-state index < -0.39 is 26.0 Å². The number of rotatable bonds is 2. The molecule has 2 aliphatic rings. The Morgan fingerprint density at radius 1 is 1.39 bits per heavy atom. The molecule has 0 spiro atoms. The average Bonchev–Trinajstić information content (AvgIpc) is 2.54. The second kappa shape index (κ2) is 4.23. The average molecular weight is 281 g/mol. The first kappa shape index (κ1) is 13.9. The predicted octanol–water partition coefficient (Wildman–Crippen LogP) is 3.67. The fourth-order valence-corrected chi connectivity index (χ4v) is 3.98. The van der Waals surface area contributed by atoms with E-state index in [0.29, 0.717) is 12.8 Å². The van der Waals surface area contributed by atoms with Crippen molar-refractivity contribution in [2.75, 3.05) is 0 Å². The number of hydrogen-bond donors (Lipinski definition) is 0. The Balaban J connectivity index is 2.20. The molecule has 1 saturated carbocycles. The summed E-state index contributed by atoms with van der Waals surface area (Å²) >= 11 is 0. The smallest absolute Gasteiger partial charge is 0.380 e. The second-order valence-corrected chi connectivity index (χ2v) is 10.4. The first-order valence-corrected chi connectivity index (χ1v) is 9.56. The summed E-state index contributed by atoms with van der Waals surface area (Å²) in [6.07, 6.45) is -2.31. The highest BCUT2D eigenvalue weighted by Gasteiger charge is 2.54. The van der Waals surface area contributed by atoms with Crippen LogP contribution in [0.15, 0.2) is 5.16 Å². The third-order valence-electron chi connectivity index (χ3n) is 3.26. The Morgan fingerprint density at radius 2 is 2.06 bits per heavy atom. The number of oxime groups is 1. The first-order chi connectivity index (χ1) is 8.12. The third kappa shape index (κ3) is 2.71. The molecule has 0 amide bonds. The summed E-state index contributed by atoms with van der Waals surface area (Å²) in [4.78, 5) is 5.19. The molecule has 0 aromatic carbocycles. The van der Waals surface area contributed by atoms with E-state index in [1.165, 1.54) is 0 Å². The van der Waals surface area contributed by atoms with Crippen molar-refractivity contribution < 1.29 is 22.4 Å². The van der Waals surface area contributed by atoms with Crippen LogP contribution in [0.3, 0.4) is 0 Å². The van der Waals surface area contributed by atoms with E-state index in [4.69, 9.17) is 9.26 Å². The molecule has 0 saturated heterocycles. The van der Waals surface area contributed by atoms with Crippen molar-refractivity contribution in [2.45, 2.75) is 57.3 Å². The van der Waals surface area contributed by atoms with E-state index >= 15 is 0 Å². The van der Waals surface area contributed by atoms with E-state index in [2.05, 4.69) is 5.16 Å². The van der Waals surface area contributed by atoms with E-state index in [-0.39, 0.29) is 12.3 Å². The second-order valence-electron chi connectivity index (χ2n) is 5.95. The highest BCUT2D eigenvalue weighted by molar-refractivity contribution is 6.69. The summed E-state index contributed by atoms with van der Waals surface area (Å²) in [5, 5.41) is 3.29. The van der Waals surface area contributed by atoms with Crippen LogP contribution >= 0.6 is 0 Å². The van der Waals surface area contributed by atoms with Gasteiger partial charge in [0.05, 0.1) is 0 Å². The maximum atomic E-state index is 12.6. The number of alkyl halides is 3. The van der Waals surface area contributed by atoms with Crippen LogP contribution in [-0.4, -0.2) is 26.0 Å². The minimum atomic E-state index is -4.39. The van der Waals surface area contributed by atoms with Gasteiger partial charge in [0.15, 0.2) is 14.0 Å². The SMILES string of the molecule is C[Si](C)(C)OC12CCCC1CC(C(F)(F)F)=NO2. The lowest BCUT2D eigenvalue weighted by Crippen LogP contribution is -2.50. The lowest BCUT2D eigenvalue weighted by Gasteiger charge is -2.40. The highest BCUT2D eigenvalue weighted by Crippen LogP contribution is 2.47. The van der Waals surface area contributed by atoms with Crippen molar-refractivity contribution in [1.82, 2.24) is 0 Å². The van der Waals surface area contributed by atoms with Crippen molar-refractivity contribution in [3.05, 3.63) is 0 Å². The standard InChI is InChI=1S/C11H18F3NO2Si/c1-18(2,3)17-10-6-4-5-8(10)7-9(15-16-10)11(12,13)14/h8H,4-7H2,1-3H3. The number of halogens is 3. The Kier molecular flexibility index (Phi) is 3.26. The summed E-state index contributed by atoms with van der Waals surface area (Å²) in [5.74, 6) is -1.13. The first-order valence-electron chi connectivity index (χ1n) is 6.15. The lowest BCUT2D eigenvalue weighted by molar-refractivity contribution is -0.221. The highest BCUT2D eigenvalue weighted by atomic mass is 28.4. The van der Waals surface area contributed by atoms with Crippen molar-refractivity contribution in [2.24, 2.45) is 11.1 Å². The van der Waals surface area contributed by atoms with Crippen molar-refractivity contribution in [1.29, 1.82) is 0 Å². The van der Waals surface area contributed by atoms with Crippen LogP contribution < -0.4 is 0 Å². The molecular formula is C11H18F3NO2Si. The summed E-state index contributed by atoms with van der Waals surface area (Å²) in [6.45, 7) is 6.01. The van der Waals surface area contributed by atoms with Gasteiger partial charge in [0, 0.05) is 18.8 Å². The zero-order chi connectivity index (χ0) is 13.6. The Labute approximate surface area is 105 Å². The maximum Gasteiger partial charge on any atom is 0.432 e. The molecular weight excluding hydrogens is 263 g/mol. The summed E-state index contributed by atoms with van der Waals surface area (Å²) < 4.78 is 43.8. The van der Waals surface area contributed by atoms with Gasteiger partial charge in [-0.1, -0.05) is 5.16 Å². The molecule has 0 N–H and O–H groups in total. The van der Waals surface area contributed by atoms with Crippen LogP contribution in [0.5, 0.6) is 0 Å². The number of nitrogens with zero attached hydrogens (tertiary/aromatic N) is 1. The van der Waals surface area contributed by atoms with Gasteiger partial charge in [0.1, 0.15) is 0 Å². The molecule has 0 radical (unpaired) electrons. The van der Waals surface area contributed by atoms with Gasteiger partial charge in [-0.3, -0.25) is 0 Å². The predicted molar refractivity (Wildman–Crippen MR) is 63.7 cm³/mol. The number of fused-ring (bicyclic) bond motifs is 1. The van der Waals surface area contributed by atoms with Gasteiger partial charge in [0.25, 0.3) is 0 Å². The van der Waals surface area contributed by atoms with Gasteiger partial charge in [-0.25, -0.2) is 0 Å². The fourth-order valence-electron chi connectivity index (χ4n) is 2.64. The van der Waals surface area contributed by atoms with Crippen LogP contribution in [0.25, 0.3) is 0 Å². The minimum absolute atomic E-state index is 0.0893. The Bertz CT molecular complexity index is 364. The summed E-state index contributed by atoms with van der Waals surface area (Å²) in [5.41, 5.74) is -0.816. The van der Waals surface area contributed by atoms with Gasteiger partial charge in [-0.15, -0.1) is 0 Å². The van der Waals surface area contributed by atoms with Gasteiger partial charge in [0.2, 0.25) is 5.79 Å². The molecule has 0 bridgehead atoms. The van der Waals surface area contributed by atoms with E-state index in [1.807, 2.05) is 19.6 Å². The van der Waals surface area contributed by atoms with Gasteiger partial charge in [-0.2, -0.15) is 13.2 Å². The van der Waals surface area contributed by atoms with Gasteiger partial charge < -0.3 is 9.26 Å². The molecule has 2 unspecified atom stereocenters. The van der Waals surface area contributed by atoms with Gasteiger partial charge >= 0.3 is 6.18 Å². The molecule has 1 fully saturated rings. The molecule has 3 nitrogen and oxygen atoms in total. The van der Waals surface area contributed by atoms with Crippen LogP contribution in [-0.2, 0) is 9.26 Å². The Morgan fingerprint density at radius 3 is 2.61 bits per heavy atom. The van der Waals surface area contributed by atoms with E-state index in [1.54, 1.807) is 0 Å². The monoisotopic (exact) mass is 281 g/mol. The molecule has 1 aliphatic heterocycles. The van der Waals surface area contributed by atoms with E-state index in [9.17, 15) is 13.2 Å².